The standard InChI is InChI=1S/C2H3Cl3O.Ca.2ClH/c3-2(4,5)1-6;;;/h6H,1H2;;2*1H/q;+2;;/p-2. The molecule has 0 radical (unpaired) electrons. The molecule has 0 aliphatic heterocycles. The molecule has 1 nitrogen and oxygen atoms in total. The largest absolute Gasteiger partial charge is 2.00 e. The first-order chi connectivity index (χ1) is 2.56. The van der Waals surface area contributed by atoms with Gasteiger partial charge in [0.05, 0.1) is 6.61 Å². The van der Waals surface area contributed by atoms with Crippen LogP contribution in [0.15, 0.2) is 0 Å². The van der Waals surface area contributed by atoms with Crippen LogP contribution in [0.2, 0.25) is 0 Å². The monoisotopic (exact) mass is 258 g/mol. The molecular formula is C2H3CaCl5O. The van der Waals surface area contributed by atoms with Crippen LogP contribution in [-0.2, 0) is 0 Å². The molecule has 0 aliphatic rings. The number of alkyl halides is 3. The van der Waals surface area contributed by atoms with E-state index in [0.29, 0.717) is 0 Å². The summed E-state index contributed by atoms with van der Waals surface area (Å²) >= 11 is 15.0. The van der Waals surface area contributed by atoms with Crippen molar-refractivity contribution in [2.75, 3.05) is 6.61 Å². The zero-order valence-corrected chi connectivity index (χ0v) is 10.2. The third kappa shape index (κ3) is 24.9. The van der Waals surface area contributed by atoms with E-state index in [0.717, 1.165) is 0 Å². The Bertz CT molecular complexity index is 44.7. The fourth-order valence-electron chi connectivity index (χ4n) is 0. The van der Waals surface area contributed by atoms with Crippen molar-refractivity contribution in [2.45, 2.75) is 3.79 Å². The minimum atomic E-state index is -1.49. The van der Waals surface area contributed by atoms with Crippen LogP contribution in [0.1, 0.15) is 0 Å². The summed E-state index contributed by atoms with van der Waals surface area (Å²) in [6, 6.07) is 0. The van der Waals surface area contributed by atoms with Crippen LogP contribution in [0.4, 0.5) is 0 Å². The number of hydrogen-bond acceptors (Lipinski definition) is 1. The van der Waals surface area contributed by atoms with Gasteiger partial charge in [-0.3, -0.25) is 0 Å². The zero-order chi connectivity index (χ0) is 5.21. The molecule has 54 valence electrons. The van der Waals surface area contributed by atoms with Gasteiger partial charge in [0.15, 0.2) is 0 Å². The van der Waals surface area contributed by atoms with Gasteiger partial charge in [0, 0.05) is 0 Å². The average Bonchev–Trinajstić information content (AvgIpc) is 1.35. The van der Waals surface area contributed by atoms with Gasteiger partial charge in [-0.1, -0.05) is 34.8 Å². The molecule has 0 unspecified atom stereocenters. The first kappa shape index (κ1) is 22.6. The van der Waals surface area contributed by atoms with Crippen molar-refractivity contribution in [1.29, 1.82) is 0 Å². The van der Waals surface area contributed by atoms with Crippen molar-refractivity contribution < 1.29 is 29.9 Å². The Hall–Kier alpha value is 2.67. The van der Waals surface area contributed by atoms with Crippen LogP contribution in [0.25, 0.3) is 0 Å². The van der Waals surface area contributed by atoms with Crippen molar-refractivity contribution in [3.63, 3.8) is 0 Å². The van der Waals surface area contributed by atoms with E-state index < -0.39 is 10.4 Å². The molecule has 0 fully saturated rings. The summed E-state index contributed by atoms with van der Waals surface area (Å²) in [5.41, 5.74) is 0. The van der Waals surface area contributed by atoms with Gasteiger partial charge in [0.25, 0.3) is 0 Å². The quantitative estimate of drug-likeness (QED) is 0.342. The Kier molecular flexibility index (Phi) is 26.8. The topological polar surface area (TPSA) is 20.2 Å². The smallest absolute Gasteiger partial charge is 1.00 e. The number of rotatable bonds is 0. The second-order valence-corrected chi connectivity index (χ2v) is 3.29. The summed E-state index contributed by atoms with van der Waals surface area (Å²) in [7, 11) is 0. The third-order valence-corrected chi connectivity index (χ3v) is 0.538. The van der Waals surface area contributed by atoms with E-state index >= 15 is 0 Å². The Labute approximate surface area is 111 Å². The van der Waals surface area contributed by atoms with Crippen LogP contribution in [0, 0.1) is 0 Å². The van der Waals surface area contributed by atoms with Gasteiger partial charge in [0.2, 0.25) is 3.79 Å². The fourth-order valence-corrected chi connectivity index (χ4v) is 0. The molecule has 0 aromatic heterocycles. The van der Waals surface area contributed by atoms with E-state index in [4.69, 9.17) is 39.9 Å². The summed E-state index contributed by atoms with van der Waals surface area (Å²) in [6.45, 7) is -0.433. The van der Waals surface area contributed by atoms with Crippen LogP contribution in [0.3, 0.4) is 0 Å². The minimum Gasteiger partial charge on any atom is -1.00 e. The van der Waals surface area contributed by atoms with Crippen molar-refractivity contribution >= 4 is 72.5 Å². The molecule has 0 saturated carbocycles. The molecule has 9 heavy (non-hydrogen) atoms. The van der Waals surface area contributed by atoms with Gasteiger partial charge in [-0.2, -0.15) is 0 Å². The molecule has 1 N–H and O–H groups in total. The Morgan fingerprint density at radius 3 is 1.22 bits per heavy atom. The molecule has 0 heterocycles. The predicted octanol–water partition coefficient (Wildman–Crippen LogP) is -5.02. The Morgan fingerprint density at radius 2 is 1.22 bits per heavy atom. The molecule has 0 spiro atoms. The van der Waals surface area contributed by atoms with E-state index in [9.17, 15) is 0 Å². The van der Waals surface area contributed by atoms with Gasteiger partial charge in [0.1, 0.15) is 0 Å². The number of aliphatic hydroxyl groups excluding tert-OH is 1. The van der Waals surface area contributed by atoms with Crippen molar-refractivity contribution in [1.82, 2.24) is 0 Å². The maximum absolute atomic E-state index is 8.01. The molecule has 0 rings (SSSR count). The van der Waals surface area contributed by atoms with Crippen molar-refractivity contribution in [3.05, 3.63) is 0 Å². The molecular weight excluding hydrogens is 257 g/mol. The first-order valence-corrected chi connectivity index (χ1v) is 2.37. The number of hydrogen-bond donors (Lipinski definition) is 1. The minimum absolute atomic E-state index is 0. The Morgan fingerprint density at radius 1 is 1.11 bits per heavy atom. The fraction of sp³-hybridized carbons (Fsp3) is 1.00. The Balaban J connectivity index is -0.0000000417. The van der Waals surface area contributed by atoms with E-state index in [2.05, 4.69) is 0 Å². The maximum atomic E-state index is 8.01. The SMILES string of the molecule is OCC(Cl)(Cl)Cl.[Ca+2].[Cl-].[Cl-]. The van der Waals surface area contributed by atoms with Gasteiger partial charge in [-0.05, 0) is 0 Å². The van der Waals surface area contributed by atoms with Crippen molar-refractivity contribution in [3.8, 4) is 0 Å². The number of aliphatic hydroxyl groups is 1. The van der Waals surface area contributed by atoms with E-state index in [1.807, 2.05) is 0 Å². The first-order valence-electron chi connectivity index (χ1n) is 1.24. The normalized spacial score (nSPS) is 8.00. The summed E-state index contributed by atoms with van der Waals surface area (Å²) in [6.07, 6.45) is 0. The van der Waals surface area contributed by atoms with E-state index in [1.165, 1.54) is 0 Å². The maximum Gasteiger partial charge on any atom is 2.00 e. The predicted molar refractivity (Wildman–Crippen MR) is 33.1 cm³/mol. The van der Waals surface area contributed by atoms with Gasteiger partial charge < -0.3 is 29.9 Å². The summed E-state index contributed by atoms with van der Waals surface area (Å²) < 4.78 is -1.49. The number of halogens is 5. The average molecular weight is 260 g/mol. The molecule has 0 aromatic rings. The summed E-state index contributed by atoms with van der Waals surface area (Å²) in [4.78, 5) is 0. The second kappa shape index (κ2) is 10.7. The van der Waals surface area contributed by atoms with Crippen molar-refractivity contribution in [2.24, 2.45) is 0 Å². The van der Waals surface area contributed by atoms with E-state index in [-0.39, 0.29) is 62.6 Å². The van der Waals surface area contributed by atoms with Crippen LogP contribution < -0.4 is 24.8 Å². The van der Waals surface area contributed by atoms with Gasteiger partial charge >= 0.3 is 37.7 Å². The third-order valence-electron chi connectivity index (χ3n) is 0.179. The molecule has 0 aliphatic carbocycles. The zero-order valence-electron chi connectivity index (χ0n) is 4.25. The summed E-state index contributed by atoms with van der Waals surface area (Å²) in [5, 5.41) is 8.01. The molecule has 0 atom stereocenters. The molecule has 0 amide bonds. The van der Waals surface area contributed by atoms with Gasteiger partial charge in [-0.15, -0.1) is 0 Å². The second-order valence-electron chi connectivity index (χ2n) is 0.773. The molecule has 0 saturated heterocycles. The molecule has 0 bridgehead atoms. The van der Waals surface area contributed by atoms with Crippen LogP contribution >= 0.6 is 34.8 Å². The molecule has 0 aromatic carbocycles. The summed E-state index contributed by atoms with van der Waals surface area (Å²) in [5.74, 6) is 0. The molecule has 7 heteroatoms. The van der Waals surface area contributed by atoms with Gasteiger partial charge in [-0.25, -0.2) is 0 Å². The van der Waals surface area contributed by atoms with Crippen LogP contribution in [0.5, 0.6) is 0 Å². The van der Waals surface area contributed by atoms with E-state index in [1.54, 1.807) is 0 Å². The van der Waals surface area contributed by atoms with Crippen LogP contribution in [-0.4, -0.2) is 53.2 Å².